The zero-order valence-corrected chi connectivity index (χ0v) is 11.2. The van der Waals surface area contributed by atoms with Gasteiger partial charge in [0.1, 0.15) is 0 Å². The zero-order valence-electron chi connectivity index (χ0n) is 10.4. The standard InChI is InChI=1S/C9H18N6OS/c1-4-14(3)8(16)7-17-9-11-12-13-15(9)6-5-10-2/h10H,4-7H2,1-3H3. The number of tetrazole rings is 1. The van der Waals surface area contributed by atoms with Gasteiger partial charge in [-0.25, -0.2) is 4.68 Å². The molecule has 0 bridgehead atoms. The van der Waals surface area contributed by atoms with Gasteiger partial charge >= 0.3 is 0 Å². The van der Waals surface area contributed by atoms with Crippen molar-refractivity contribution in [3.63, 3.8) is 0 Å². The second-order valence-electron chi connectivity index (χ2n) is 3.48. The highest BCUT2D eigenvalue weighted by Gasteiger charge is 2.11. The molecule has 96 valence electrons. The number of thioether (sulfide) groups is 1. The Labute approximate surface area is 105 Å². The molecule has 0 aliphatic heterocycles. The Hall–Kier alpha value is -1.15. The van der Waals surface area contributed by atoms with E-state index in [0.29, 0.717) is 24.0 Å². The predicted octanol–water partition coefficient (Wildman–Crippen LogP) is -0.537. The molecule has 0 fully saturated rings. The number of nitrogens with zero attached hydrogens (tertiary/aromatic N) is 5. The number of carbonyl (C=O) groups excluding carboxylic acids is 1. The Morgan fingerprint density at radius 2 is 2.35 bits per heavy atom. The normalized spacial score (nSPS) is 10.5. The molecule has 0 saturated carbocycles. The predicted molar refractivity (Wildman–Crippen MR) is 65.8 cm³/mol. The lowest BCUT2D eigenvalue weighted by Gasteiger charge is -2.13. The fraction of sp³-hybridized carbons (Fsp3) is 0.778. The van der Waals surface area contributed by atoms with Crippen LogP contribution in [0.4, 0.5) is 0 Å². The van der Waals surface area contributed by atoms with E-state index in [1.807, 2.05) is 14.0 Å². The highest BCUT2D eigenvalue weighted by atomic mass is 32.2. The maximum atomic E-state index is 11.6. The molecule has 1 N–H and O–H groups in total. The van der Waals surface area contributed by atoms with Crippen LogP contribution >= 0.6 is 11.8 Å². The summed E-state index contributed by atoms with van der Waals surface area (Å²) >= 11 is 1.36. The van der Waals surface area contributed by atoms with Crippen LogP contribution in [0.15, 0.2) is 5.16 Å². The first-order valence-corrected chi connectivity index (χ1v) is 6.45. The molecule has 0 radical (unpaired) electrons. The maximum Gasteiger partial charge on any atom is 0.232 e. The summed E-state index contributed by atoms with van der Waals surface area (Å²) in [5, 5.41) is 15.1. The number of rotatable bonds is 7. The summed E-state index contributed by atoms with van der Waals surface area (Å²) in [6.07, 6.45) is 0. The number of amides is 1. The Bertz CT molecular complexity index is 355. The van der Waals surface area contributed by atoms with Gasteiger partial charge in [-0.3, -0.25) is 4.79 Å². The van der Waals surface area contributed by atoms with Gasteiger partial charge < -0.3 is 10.2 Å². The second-order valence-corrected chi connectivity index (χ2v) is 4.43. The fourth-order valence-electron chi connectivity index (χ4n) is 1.07. The summed E-state index contributed by atoms with van der Waals surface area (Å²) in [4.78, 5) is 13.3. The highest BCUT2D eigenvalue weighted by Crippen LogP contribution is 2.13. The Kier molecular flexibility index (Phi) is 5.92. The molecule has 17 heavy (non-hydrogen) atoms. The van der Waals surface area contributed by atoms with E-state index in [9.17, 15) is 4.79 Å². The highest BCUT2D eigenvalue weighted by molar-refractivity contribution is 7.99. The first-order chi connectivity index (χ1) is 8.19. The van der Waals surface area contributed by atoms with Gasteiger partial charge in [-0.05, 0) is 24.4 Å². The van der Waals surface area contributed by atoms with E-state index in [1.54, 1.807) is 16.6 Å². The van der Waals surface area contributed by atoms with E-state index in [1.165, 1.54) is 11.8 Å². The van der Waals surface area contributed by atoms with E-state index in [4.69, 9.17) is 0 Å². The third-order valence-corrected chi connectivity index (χ3v) is 3.24. The van der Waals surface area contributed by atoms with Gasteiger partial charge in [0.05, 0.1) is 12.3 Å². The number of likely N-dealkylation sites (N-methyl/N-ethyl adjacent to an activating group) is 1. The number of aromatic nitrogens is 4. The summed E-state index contributed by atoms with van der Waals surface area (Å²) in [5.74, 6) is 0.449. The average Bonchev–Trinajstić information content (AvgIpc) is 2.79. The Balaban J connectivity index is 2.46. The fourth-order valence-corrected chi connectivity index (χ4v) is 1.91. The van der Waals surface area contributed by atoms with Gasteiger partial charge in [0.2, 0.25) is 11.1 Å². The third kappa shape index (κ3) is 4.31. The van der Waals surface area contributed by atoms with Crippen LogP contribution in [-0.4, -0.2) is 64.0 Å². The number of nitrogens with one attached hydrogen (secondary N) is 1. The van der Waals surface area contributed by atoms with Gasteiger partial charge in [0.15, 0.2) is 0 Å². The lowest BCUT2D eigenvalue weighted by atomic mass is 10.5. The van der Waals surface area contributed by atoms with Gasteiger partial charge in [-0.1, -0.05) is 11.8 Å². The van der Waals surface area contributed by atoms with Gasteiger partial charge in [-0.2, -0.15) is 0 Å². The van der Waals surface area contributed by atoms with Crippen LogP contribution < -0.4 is 5.32 Å². The summed E-state index contributed by atoms with van der Waals surface area (Å²) in [5.41, 5.74) is 0. The molecule has 1 rings (SSSR count). The maximum absolute atomic E-state index is 11.6. The van der Waals surface area contributed by atoms with Crippen LogP contribution in [0.3, 0.4) is 0 Å². The van der Waals surface area contributed by atoms with Crippen molar-refractivity contribution < 1.29 is 4.79 Å². The second kappa shape index (κ2) is 7.23. The van der Waals surface area contributed by atoms with Crippen LogP contribution in [0.1, 0.15) is 6.92 Å². The Morgan fingerprint density at radius 1 is 1.59 bits per heavy atom. The van der Waals surface area contributed by atoms with Crippen LogP contribution in [0.5, 0.6) is 0 Å². The monoisotopic (exact) mass is 258 g/mol. The minimum atomic E-state index is 0.0840. The van der Waals surface area contributed by atoms with E-state index < -0.39 is 0 Å². The zero-order chi connectivity index (χ0) is 12.7. The molecule has 0 aromatic carbocycles. The van der Waals surface area contributed by atoms with Crippen LogP contribution in [0.2, 0.25) is 0 Å². The van der Waals surface area contributed by atoms with Crippen LogP contribution in [-0.2, 0) is 11.3 Å². The quantitative estimate of drug-likeness (QED) is 0.662. The van der Waals surface area contributed by atoms with Crippen molar-refractivity contribution in [3.8, 4) is 0 Å². The van der Waals surface area contributed by atoms with Crippen molar-refractivity contribution in [1.29, 1.82) is 0 Å². The summed E-state index contributed by atoms with van der Waals surface area (Å²) in [6.45, 7) is 4.15. The molecule has 1 amide bonds. The molecule has 0 spiro atoms. The smallest absolute Gasteiger partial charge is 0.232 e. The van der Waals surface area contributed by atoms with E-state index in [2.05, 4.69) is 20.8 Å². The molecule has 7 nitrogen and oxygen atoms in total. The topological polar surface area (TPSA) is 75.9 Å². The van der Waals surface area contributed by atoms with Crippen LogP contribution in [0.25, 0.3) is 0 Å². The number of carbonyl (C=O) groups is 1. The van der Waals surface area contributed by atoms with E-state index >= 15 is 0 Å². The van der Waals surface area contributed by atoms with Crippen molar-refractivity contribution in [1.82, 2.24) is 30.4 Å². The van der Waals surface area contributed by atoms with Crippen molar-refractivity contribution in [2.75, 3.05) is 32.9 Å². The van der Waals surface area contributed by atoms with Crippen molar-refractivity contribution in [2.24, 2.45) is 0 Å². The van der Waals surface area contributed by atoms with Crippen molar-refractivity contribution in [2.45, 2.75) is 18.6 Å². The van der Waals surface area contributed by atoms with Gasteiger partial charge in [-0.15, -0.1) is 5.10 Å². The molecular weight excluding hydrogens is 240 g/mol. The SMILES string of the molecule is CCN(C)C(=O)CSc1nnnn1CCNC. The molecule has 0 atom stereocenters. The molecule has 8 heteroatoms. The summed E-state index contributed by atoms with van der Waals surface area (Å²) in [7, 11) is 3.66. The minimum absolute atomic E-state index is 0.0840. The largest absolute Gasteiger partial charge is 0.345 e. The average molecular weight is 258 g/mol. The third-order valence-electron chi connectivity index (χ3n) is 2.30. The first-order valence-electron chi connectivity index (χ1n) is 5.46. The molecular formula is C9H18N6OS. The van der Waals surface area contributed by atoms with Gasteiger partial charge in [0, 0.05) is 20.1 Å². The molecule has 0 aliphatic carbocycles. The summed E-state index contributed by atoms with van der Waals surface area (Å²) < 4.78 is 1.69. The van der Waals surface area contributed by atoms with Gasteiger partial charge in [0.25, 0.3) is 0 Å². The molecule has 0 aliphatic rings. The van der Waals surface area contributed by atoms with E-state index in [-0.39, 0.29) is 5.91 Å². The van der Waals surface area contributed by atoms with Crippen molar-refractivity contribution in [3.05, 3.63) is 0 Å². The molecule has 1 aromatic rings. The number of hydrogen-bond donors (Lipinski definition) is 1. The molecule has 0 unspecified atom stereocenters. The minimum Gasteiger partial charge on any atom is -0.345 e. The Morgan fingerprint density at radius 3 is 3.00 bits per heavy atom. The van der Waals surface area contributed by atoms with Crippen LogP contribution in [0, 0.1) is 0 Å². The van der Waals surface area contributed by atoms with Crippen molar-refractivity contribution >= 4 is 17.7 Å². The molecule has 1 heterocycles. The lowest BCUT2D eigenvalue weighted by Crippen LogP contribution is -2.28. The lowest BCUT2D eigenvalue weighted by molar-refractivity contribution is -0.126. The summed E-state index contributed by atoms with van der Waals surface area (Å²) in [6, 6.07) is 0. The molecule has 1 aromatic heterocycles. The first kappa shape index (κ1) is 13.9. The molecule has 0 saturated heterocycles. The van der Waals surface area contributed by atoms with E-state index in [0.717, 1.165) is 6.54 Å². The number of hydrogen-bond acceptors (Lipinski definition) is 6.